The summed E-state index contributed by atoms with van der Waals surface area (Å²) >= 11 is 43.5. The summed E-state index contributed by atoms with van der Waals surface area (Å²) in [7, 11) is 16.6. The molecule has 4 aromatic rings. The van der Waals surface area contributed by atoms with Gasteiger partial charge in [-0.2, -0.15) is 7.11 Å². The Hall–Kier alpha value is -3.28. The van der Waals surface area contributed by atoms with Gasteiger partial charge in [-0.15, -0.1) is 12.6 Å². The van der Waals surface area contributed by atoms with Gasteiger partial charge in [0.15, 0.2) is 4.45 Å². The predicted octanol–water partition coefficient (Wildman–Crippen LogP) is 6.51. The molecule has 0 aliphatic carbocycles. The molecule has 15 nitrogen and oxygen atoms in total. The van der Waals surface area contributed by atoms with Gasteiger partial charge in [0.25, 0.3) is 10.4 Å². The number of hydrogen-bond donors (Lipinski definition) is 2. The molecule has 0 aliphatic heterocycles. The molecule has 4 rings (SSSR count). The Morgan fingerprint density at radius 2 is 0.944 bits per heavy atom. The molecule has 1 amide bonds. The summed E-state index contributed by atoms with van der Waals surface area (Å²) in [5.41, 5.74) is 3.06. The van der Waals surface area contributed by atoms with Crippen LogP contribution in [0.3, 0.4) is 0 Å². The number of aromatic hydroxyl groups is 1. The summed E-state index contributed by atoms with van der Waals surface area (Å²) in [4.78, 5) is 61.7. The molecule has 0 bridgehead atoms. The van der Waals surface area contributed by atoms with Crippen molar-refractivity contribution in [2.75, 3.05) is 77.8 Å². The molecule has 0 aliphatic rings. The predicted molar refractivity (Wildman–Crippen MR) is 290 cm³/mol. The first kappa shape index (κ1) is 72.0. The third kappa shape index (κ3) is 32.5. The fourth-order valence-electron chi connectivity index (χ4n) is 4.12. The summed E-state index contributed by atoms with van der Waals surface area (Å²) < 4.78 is 24.0. The fraction of sp³-hybridized carbons (Fsp3) is 0.326. The first-order chi connectivity index (χ1) is 32.8. The number of nitrogens with zero attached hydrogens (tertiary/aromatic N) is 3. The van der Waals surface area contributed by atoms with Crippen LogP contribution in [0.4, 0.5) is 4.79 Å². The van der Waals surface area contributed by atoms with Crippen LogP contribution in [0.5, 0.6) is 11.5 Å². The molecule has 388 valence electrons. The number of ether oxygens (including phenoxy) is 5. The van der Waals surface area contributed by atoms with Crippen molar-refractivity contribution >= 4 is 146 Å². The van der Waals surface area contributed by atoms with Crippen LogP contribution >= 0.6 is 107 Å². The van der Waals surface area contributed by atoms with Gasteiger partial charge in [-0.25, -0.2) is 0 Å². The van der Waals surface area contributed by atoms with Crippen LogP contribution in [0.2, 0.25) is 20.1 Å². The van der Waals surface area contributed by atoms with E-state index in [2.05, 4.69) is 43.8 Å². The minimum absolute atomic E-state index is 0. The topological polar surface area (TPSA) is 185 Å². The number of halogens is 5. The van der Waals surface area contributed by atoms with E-state index in [0.29, 0.717) is 40.2 Å². The fourth-order valence-corrected chi connectivity index (χ4v) is 5.98. The van der Waals surface area contributed by atoms with E-state index in [1.807, 2.05) is 0 Å². The number of hydrogen-bond acceptors (Lipinski definition) is 16. The molecule has 0 spiro atoms. The van der Waals surface area contributed by atoms with E-state index in [1.165, 1.54) is 45.5 Å². The molecule has 4 aromatic carbocycles. The van der Waals surface area contributed by atoms with E-state index in [1.54, 1.807) is 113 Å². The monoisotopic (exact) mass is 1170 g/mol. The van der Waals surface area contributed by atoms with E-state index >= 15 is 0 Å². The molecular weight excluding hydrogens is 1120 g/mol. The summed E-state index contributed by atoms with van der Waals surface area (Å²) in [6.07, 6.45) is 0.748. The number of phenols is 1. The van der Waals surface area contributed by atoms with Gasteiger partial charge in [-0.3, -0.25) is 24.0 Å². The number of carbonyl (C=O) groups excluding carboxylic acids is 5. The largest absolute Gasteiger partial charge is 1.00 e. The van der Waals surface area contributed by atoms with Crippen molar-refractivity contribution in [1.82, 2.24) is 14.7 Å². The number of amides is 1. The molecule has 0 saturated heterocycles. The number of phenolic OH excluding ortho intramolecular Hbond substituents is 1. The average Bonchev–Trinajstić information content (AvgIpc) is 3.31. The quantitative estimate of drug-likeness (QED) is 0.0256. The maximum absolute atomic E-state index is 11.5. The van der Waals surface area contributed by atoms with Crippen molar-refractivity contribution in [2.24, 2.45) is 0 Å². The van der Waals surface area contributed by atoms with E-state index in [0.717, 1.165) is 41.1 Å². The molecule has 0 fully saturated rings. The summed E-state index contributed by atoms with van der Waals surface area (Å²) in [5.74, 6) is -0.775. The van der Waals surface area contributed by atoms with Crippen LogP contribution in [0.1, 0.15) is 23.7 Å². The third-order valence-corrected chi connectivity index (χ3v) is 11.9. The van der Waals surface area contributed by atoms with Crippen LogP contribution in [-0.4, -0.2) is 136 Å². The van der Waals surface area contributed by atoms with Gasteiger partial charge in [0.05, 0.1) is 74.2 Å². The van der Waals surface area contributed by atoms with Crippen molar-refractivity contribution in [3.63, 3.8) is 0 Å². The molecule has 25 heteroatoms. The van der Waals surface area contributed by atoms with Crippen LogP contribution in [-0.2, 0) is 63.8 Å². The second-order valence-electron chi connectivity index (χ2n) is 13.8. The number of rotatable bonds is 10. The molecule has 0 atom stereocenters. The van der Waals surface area contributed by atoms with E-state index in [9.17, 15) is 24.0 Å². The molecule has 0 aromatic heterocycles. The van der Waals surface area contributed by atoms with Crippen molar-refractivity contribution in [1.29, 1.82) is 0 Å². The number of esters is 4. The first-order valence-corrected chi connectivity index (χ1v) is 23.6. The van der Waals surface area contributed by atoms with Crippen LogP contribution < -0.4 is 39.4 Å². The van der Waals surface area contributed by atoms with Gasteiger partial charge in [0.1, 0.15) is 11.5 Å². The number of thioether (sulfide) groups is 1. The van der Waals surface area contributed by atoms with Crippen molar-refractivity contribution in [3.05, 3.63) is 115 Å². The summed E-state index contributed by atoms with van der Waals surface area (Å²) in [6, 6.07) is 20.1. The number of benzene rings is 4. The maximum atomic E-state index is 11.5. The Morgan fingerprint density at radius 1 is 0.592 bits per heavy atom. The zero-order valence-corrected chi connectivity index (χ0v) is 50.2. The summed E-state index contributed by atoms with van der Waals surface area (Å²) in [5, 5.41) is 19.2. The molecule has 0 saturated carbocycles. The van der Waals surface area contributed by atoms with Crippen molar-refractivity contribution < 1.29 is 88.9 Å². The molecule has 0 heterocycles. The standard InChI is InChI=1S/2C12H14ClNO3S.C9H9ClO3.C9H9ClO2S.C3H6ClNS.CH3O.Na.H2/c1-14(2)12(16)18-10-5-4-8(6-9(10)13)7-11(15)17-3;1-14(2)12(18)17-10-5-4-8(6-9(10)13)7-11(15)16-3;1-13-9(12)5-6-2-3-8(11)7(10)4-6;1-12-9(11)5-6-2-3-8(13)7(10)4-6;1-5(2)3(4)6;1-2;;/h2*4-6H,7H2,1-3H3;2-4,11H,5H2,1H3;2-4,13H,5H2,1H3;1-2H3;1H3;;1H/q;;;;;-1;+1;/i;;;;;;;1+1. The molecular formula is C46H57Cl5N3NaO12S4. The van der Waals surface area contributed by atoms with Gasteiger partial charge >= 0.3 is 53.4 Å². The van der Waals surface area contributed by atoms with Crippen LogP contribution in [0, 0.1) is 0 Å². The maximum Gasteiger partial charge on any atom is 1.00 e. The Bertz CT molecular complexity index is 2210. The molecule has 0 radical (unpaired) electrons. The molecule has 1 N–H and O–H groups in total. The molecule has 71 heavy (non-hydrogen) atoms. The molecule has 0 unspecified atom stereocenters. The number of methoxy groups -OCH3 is 4. The van der Waals surface area contributed by atoms with Gasteiger partial charge in [0, 0.05) is 53.5 Å². The summed E-state index contributed by atoms with van der Waals surface area (Å²) in [6.45, 7) is 0. The average molecular weight is 1170 g/mol. The van der Waals surface area contributed by atoms with E-state index < -0.39 is 0 Å². The Balaban J connectivity index is -0.000000407. The van der Waals surface area contributed by atoms with Crippen LogP contribution in [0.25, 0.3) is 0 Å². The van der Waals surface area contributed by atoms with Crippen LogP contribution in [0.15, 0.2) is 82.6 Å². The SMILES string of the molecule is CN(C)C(=S)Cl.COC(=O)Cc1ccc(O)c(Cl)c1.COC(=O)Cc1ccc(OC(=S)N(C)C)c(Cl)c1.COC(=O)Cc1ccc(S)c(Cl)c1.COC(=O)Cc1ccc(SC(=O)N(C)C)c(Cl)c1.C[O-].[2HH].[Na+]. The smallest absolute Gasteiger partial charge is 0.857 e. The Labute approximate surface area is 484 Å². The van der Waals surface area contributed by atoms with E-state index in [-0.39, 0.29) is 96.6 Å². The van der Waals surface area contributed by atoms with Gasteiger partial charge in [-0.05, 0) is 107 Å². The first-order valence-electron chi connectivity index (χ1n) is 19.6. The van der Waals surface area contributed by atoms with Crippen molar-refractivity contribution in [2.45, 2.75) is 35.5 Å². The zero-order chi connectivity index (χ0) is 54.3. The van der Waals surface area contributed by atoms with Crippen molar-refractivity contribution in [3.8, 4) is 11.5 Å². The Kier molecular flexibility index (Phi) is 40.7. The minimum Gasteiger partial charge on any atom is -0.857 e. The zero-order valence-electron chi connectivity index (χ0n) is 41.1. The third-order valence-electron chi connectivity index (χ3n) is 7.80. The number of carbonyl (C=O) groups is 5. The second kappa shape index (κ2) is 40.1. The second-order valence-corrected chi connectivity index (χ2v) is 18.2. The van der Waals surface area contributed by atoms with Gasteiger partial charge in [-0.1, -0.05) is 82.3 Å². The normalized spacial score (nSPS) is 9.32. The minimum atomic E-state index is -0.332. The number of thiol groups is 1. The van der Waals surface area contributed by atoms with E-state index in [4.69, 9.17) is 85.2 Å². The number of thiocarbonyl (C=S) groups is 2. The Morgan fingerprint density at radius 3 is 1.27 bits per heavy atom. The van der Waals surface area contributed by atoms with Gasteiger partial charge < -0.3 is 48.6 Å². The van der Waals surface area contributed by atoms with Gasteiger partial charge in [0.2, 0.25) is 0 Å².